The van der Waals surface area contributed by atoms with E-state index < -0.39 is 6.29 Å². The summed E-state index contributed by atoms with van der Waals surface area (Å²) in [6.07, 6.45) is 21.9. The molecule has 3 nitrogen and oxygen atoms in total. The third kappa shape index (κ3) is 19.9. The molecule has 3 heteroatoms. The van der Waals surface area contributed by atoms with Crippen LogP contribution in [0.25, 0.3) is 0 Å². The smallest absolute Gasteiger partial charge is 0.155 e. The molecule has 0 aliphatic carbocycles. The normalized spacial score (nSPS) is 12.6. The molecule has 0 aromatic carbocycles. The van der Waals surface area contributed by atoms with E-state index in [9.17, 15) is 5.11 Å². The Balaban J connectivity index is 3.00. The number of hydrogen-bond acceptors (Lipinski definition) is 3. The maximum Gasteiger partial charge on any atom is 0.155 e. The molecule has 0 fully saturated rings. The Kier molecular flexibility index (Phi) is 20.8. The van der Waals surface area contributed by atoms with E-state index in [1.807, 2.05) is 0 Å². The van der Waals surface area contributed by atoms with Gasteiger partial charge in [-0.3, -0.25) is 0 Å². The van der Waals surface area contributed by atoms with Crippen molar-refractivity contribution in [1.29, 1.82) is 0 Å². The van der Waals surface area contributed by atoms with E-state index in [4.69, 9.17) is 10.5 Å². The van der Waals surface area contributed by atoms with E-state index in [1.165, 1.54) is 96.3 Å². The van der Waals surface area contributed by atoms with Gasteiger partial charge in [-0.05, 0) is 13.0 Å². The Bertz CT molecular complexity index is 224. The summed E-state index contributed by atoms with van der Waals surface area (Å²) < 4.78 is 5.28. The van der Waals surface area contributed by atoms with Gasteiger partial charge in [0.15, 0.2) is 6.29 Å². The lowest BCUT2D eigenvalue weighted by Gasteiger charge is -2.10. The third-order valence-electron chi connectivity index (χ3n) is 4.72. The summed E-state index contributed by atoms with van der Waals surface area (Å²) in [7, 11) is 0. The van der Waals surface area contributed by atoms with Crippen LogP contribution in [0.15, 0.2) is 0 Å². The van der Waals surface area contributed by atoms with Gasteiger partial charge in [0.25, 0.3) is 0 Å². The van der Waals surface area contributed by atoms with Crippen molar-refractivity contribution in [3.05, 3.63) is 0 Å². The molecule has 0 aromatic heterocycles. The standard InChI is InChI=1S/C21H45NO2/c1-2-3-4-5-6-7-8-9-10-11-12-13-14-15-16-17-20-24-21(23)18-19-22/h21,23H,2-20,22H2,1H3. The highest BCUT2D eigenvalue weighted by Gasteiger charge is 2.01. The van der Waals surface area contributed by atoms with E-state index in [0.29, 0.717) is 19.6 Å². The number of aliphatic hydroxyl groups excluding tert-OH is 1. The van der Waals surface area contributed by atoms with Crippen molar-refractivity contribution >= 4 is 0 Å². The molecule has 1 atom stereocenters. The van der Waals surface area contributed by atoms with E-state index in [0.717, 1.165) is 6.42 Å². The summed E-state index contributed by atoms with van der Waals surface area (Å²) in [6.45, 7) is 3.43. The minimum atomic E-state index is -0.661. The summed E-state index contributed by atoms with van der Waals surface area (Å²) in [6, 6.07) is 0. The molecule has 0 saturated heterocycles. The Labute approximate surface area is 151 Å². The van der Waals surface area contributed by atoms with Gasteiger partial charge in [0, 0.05) is 13.0 Å². The Morgan fingerprint density at radius 1 is 0.667 bits per heavy atom. The molecule has 0 aromatic rings. The lowest BCUT2D eigenvalue weighted by molar-refractivity contribution is -0.102. The van der Waals surface area contributed by atoms with Crippen LogP contribution in [0.4, 0.5) is 0 Å². The molecule has 24 heavy (non-hydrogen) atoms. The number of rotatable bonds is 20. The fourth-order valence-corrected chi connectivity index (χ4v) is 3.10. The van der Waals surface area contributed by atoms with Crippen molar-refractivity contribution in [1.82, 2.24) is 0 Å². The third-order valence-corrected chi connectivity index (χ3v) is 4.72. The van der Waals surface area contributed by atoms with Gasteiger partial charge in [0.05, 0.1) is 0 Å². The lowest BCUT2D eigenvalue weighted by atomic mass is 10.0. The highest BCUT2D eigenvalue weighted by atomic mass is 16.6. The lowest BCUT2D eigenvalue weighted by Crippen LogP contribution is -2.17. The molecule has 0 saturated carbocycles. The molecule has 0 heterocycles. The maximum absolute atomic E-state index is 9.37. The SMILES string of the molecule is CCCCCCCCCCCCCCCCCCOC(O)CCN. The van der Waals surface area contributed by atoms with Crippen LogP contribution < -0.4 is 5.73 Å². The molecule has 0 rings (SSSR count). The van der Waals surface area contributed by atoms with Gasteiger partial charge in [-0.1, -0.05) is 103 Å². The molecule has 146 valence electrons. The predicted molar refractivity (Wildman–Crippen MR) is 105 cm³/mol. The topological polar surface area (TPSA) is 55.5 Å². The minimum absolute atomic E-state index is 0.486. The number of nitrogens with two attached hydrogens (primary N) is 1. The minimum Gasteiger partial charge on any atom is -0.368 e. The van der Waals surface area contributed by atoms with Gasteiger partial charge in [-0.15, -0.1) is 0 Å². The van der Waals surface area contributed by atoms with E-state index in [-0.39, 0.29) is 0 Å². The first-order chi connectivity index (χ1) is 11.8. The van der Waals surface area contributed by atoms with Crippen LogP contribution in [0.3, 0.4) is 0 Å². The molecule has 0 bridgehead atoms. The van der Waals surface area contributed by atoms with Gasteiger partial charge in [0.2, 0.25) is 0 Å². The van der Waals surface area contributed by atoms with Crippen LogP contribution in [0, 0.1) is 0 Å². The van der Waals surface area contributed by atoms with Crippen LogP contribution in [0.1, 0.15) is 116 Å². The summed E-state index contributed by atoms with van der Waals surface area (Å²) >= 11 is 0. The Morgan fingerprint density at radius 2 is 1.04 bits per heavy atom. The average molecular weight is 344 g/mol. The molecular formula is C21H45NO2. The second-order valence-corrected chi connectivity index (χ2v) is 7.21. The number of ether oxygens (including phenoxy) is 1. The molecule has 0 spiro atoms. The van der Waals surface area contributed by atoms with Gasteiger partial charge in [-0.2, -0.15) is 0 Å². The van der Waals surface area contributed by atoms with Gasteiger partial charge in [-0.25, -0.2) is 0 Å². The van der Waals surface area contributed by atoms with Crippen molar-refractivity contribution in [2.45, 2.75) is 122 Å². The van der Waals surface area contributed by atoms with Gasteiger partial charge < -0.3 is 15.6 Å². The van der Waals surface area contributed by atoms with Crippen molar-refractivity contribution in [3.8, 4) is 0 Å². The van der Waals surface area contributed by atoms with Crippen LogP contribution in [-0.2, 0) is 4.74 Å². The average Bonchev–Trinajstić information content (AvgIpc) is 2.58. The predicted octanol–water partition coefficient (Wildman–Crippen LogP) is 5.93. The molecule has 0 aliphatic rings. The largest absolute Gasteiger partial charge is 0.368 e. The molecular weight excluding hydrogens is 298 g/mol. The first kappa shape index (κ1) is 23.9. The zero-order chi connectivity index (χ0) is 17.7. The number of unbranched alkanes of at least 4 members (excludes halogenated alkanes) is 15. The van der Waals surface area contributed by atoms with Gasteiger partial charge in [0.1, 0.15) is 0 Å². The summed E-state index contributed by atoms with van der Waals surface area (Å²) in [5.74, 6) is 0. The van der Waals surface area contributed by atoms with E-state index in [2.05, 4.69) is 6.92 Å². The molecule has 3 N–H and O–H groups in total. The second-order valence-electron chi connectivity index (χ2n) is 7.21. The van der Waals surface area contributed by atoms with E-state index >= 15 is 0 Å². The zero-order valence-electron chi connectivity index (χ0n) is 16.4. The van der Waals surface area contributed by atoms with E-state index in [1.54, 1.807) is 0 Å². The van der Waals surface area contributed by atoms with Crippen LogP contribution in [-0.4, -0.2) is 24.5 Å². The van der Waals surface area contributed by atoms with Crippen molar-refractivity contribution in [3.63, 3.8) is 0 Å². The monoisotopic (exact) mass is 343 g/mol. The van der Waals surface area contributed by atoms with Crippen molar-refractivity contribution < 1.29 is 9.84 Å². The molecule has 0 aliphatic heterocycles. The molecule has 0 radical (unpaired) electrons. The molecule has 1 unspecified atom stereocenters. The van der Waals surface area contributed by atoms with Crippen LogP contribution in [0.2, 0.25) is 0 Å². The summed E-state index contributed by atoms with van der Waals surface area (Å²) in [5, 5.41) is 9.37. The second kappa shape index (κ2) is 20.9. The fourth-order valence-electron chi connectivity index (χ4n) is 3.10. The van der Waals surface area contributed by atoms with Crippen molar-refractivity contribution in [2.24, 2.45) is 5.73 Å². The summed E-state index contributed by atoms with van der Waals surface area (Å²) in [4.78, 5) is 0. The number of hydrogen-bond donors (Lipinski definition) is 2. The van der Waals surface area contributed by atoms with Crippen LogP contribution >= 0.6 is 0 Å². The van der Waals surface area contributed by atoms with Gasteiger partial charge >= 0.3 is 0 Å². The maximum atomic E-state index is 9.37. The summed E-state index contributed by atoms with van der Waals surface area (Å²) in [5.41, 5.74) is 5.36. The Morgan fingerprint density at radius 3 is 1.42 bits per heavy atom. The number of aliphatic hydroxyl groups is 1. The van der Waals surface area contributed by atoms with Crippen LogP contribution in [0.5, 0.6) is 0 Å². The first-order valence-corrected chi connectivity index (χ1v) is 10.8. The zero-order valence-corrected chi connectivity index (χ0v) is 16.4. The first-order valence-electron chi connectivity index (χ1n) is 10.8. The molecule has 0 amide bonds. The quantitative estimate of drug-likeness (QED) is 0.213. The van der Waals surface area contributed by atoms with Crippen molar-refractivity contribution in [2.75, 3.05) is 13.2 Å². The highest BCUT2D eigenvalue weighted by Crippen LogP contribution is 2.13. The Hall–Kier alpha value is -0.120. The fraction of sp³-hybridized carbons (Fsp3) is 1.00. The highest BCUT2D eigenvalue weighted by molar-refractivity contribution is 4.50.